The molecule has 0 aliphatic carbocycles. The minimum Gasteiger partial charge on any atom is -0.445 e. The van der Waals surface area contributed by atoms with E-state index >= 15 is 0 Å². The third kappa shape index (κ3) is 4.89. The lowest BCUT2D eigenvalue weighted by Crippen LogP contribution is -2.21. The number of nitrogens with two attached hydrogens (primary N) is 1. The number of rotatable bonds is 6. The number of hydrogen-bond acceptors (Lipinski definition) is 5. The van der Waals surface area contributed by atoms with E-state index in [1.54, 1.807) is 60.7 Å². The Kier molecular flexibility index (Phi) is 6.12. The molecule has 0 fully saturated rings. The van der Waals surface area contributed by atoms with Gasteiger partial charge < -0.3 is 4.74 Å². The van der Waals surface area contributed by atoms with Crippen molar-refractivity contribution in [3.05, 3.63) is 101 Å². The van der Waals surface area contributed by atoms with Gasteiger partial charge in [-0.2, -0.15) is 0 Å². The summed E-state index contributed by atoms with van der Waals surface area (Å²) >= 11 is 6.05. The summed E-state index contributed by atoms with van der Waals surface area (Å²) in [6, 6.07) is 20.3. The van der Waals surface area contributed by atoms with Gasteiger partial charge in [0.2, 0.25) is 15.8 Å². The highest BCUT2D eigenvalue weighted by Gasteiger charge is 2.28. The highest BCUT2D eigenvalue weighted by atomic mass is 35.5. The molecule has 0 amide bonds. The molecule has 1 unspecified atom stereocenters. The predicted octanol–water partition coefficient (Wildman–Crippen LogP) is 3.77. The van der Waals surface area contributed by atoms with E-state index in [4.69, 9.17) is 21.5 Å². The first-order chi connectivity index (χ1) is 13.8. The van der Waals surface area contributed by atoms with Gasteiger partial charge in [-0.1, -0.05) is 72.3 Å². The molecular weight excluding hydrogens is 414 g/mol. The fraction of sp³-hybridized carbons (Fsp3) is 0.0476. The molecule has 3 aromatic carbocycles. The highest BCUT2D eigenvalue weighted by molar-refractivity contribution is 7.89. The number of sulfonamides is 1. The molecule has 0 saturated carbocycles. The van der Waals surface area contributed by atoms with E-state index in [1.165, 1.54) is 12.1 Å². The van der Waals surface area contributed by atoms with Gasteiger partial charge in [0.25, 0.3) is 0 Å². The Balaban J connectivity index is 1.99. The molecule has 0 radical (unpaired) electrons. The lowest BCUT2D eigenvalue weighted by atomic mass is 10.00. The fourth-order valence-electron chi connectivity index (χ4n) is 2.66. The summed E-state index contributed by atoms with van der Waals surface area (Å²) < 4.78 is 28.6. The molecule has 0 heterocycles. The number of primary sulfonamides is 1. The van der Waals surface area contributed by atoms with Crippen LogP contribution >= 0.6 is 11.6 Å². The SMILES string of the molecule is NS(=O)(=O)c1ccc(Cl)c(C(=O)OC(C(=O)c2ccccc2)c2ccccc2)c1. The Labute approximate surface area is 172 Å². The van der Waals surface area contributed by atoms with Crippen molar-refractivity contribution in [2.75, 3.05) is 0 Å². The minimum atomic E-state index is -4.05. The van der Waals surface area contributed by atoms with Crippen LogP contribution in [0.3, 0.4) is 0 Å². The van der Waals surface area contributed by atoms with Gasteiger partial charge in [0, 0.05) is 11.1 Å². The first kappa shape index (κ1) is 20.7. The van der Waals surface area contributed by atoms with Crippen molar-refractivity contribution in [1.82, 2.24) is 0 Å². The Hall–Kier alpha value is -3.00. The standard InChI is InChI=1S/C21H16ClNO5S/c22-18-12-11-16(29(23,26)27)13-17(18)21(25)28-20(15-9-5-2-6-10-15)19(24)14-7-3-1-4-8-14/h1-13,20H,(H2,23,26,27). The van der Waals surface area contributed by atoms with Gasteiger partial charge >= 0.3 is 5.97 Å². The first-order valence-corrected chi connectivity index (χ1v) is 10.4. The number of ketones is 1. The van der Waals surface area contributed by atoms with Crippen LogP contribution in [0.1, 0.15) is 32.4 Å². The molecule has 0 bridgehead atoms. The molecule has 2 N–H and O–H groups in total. The van der Waals surface area contributed by atoms with E-state index in [1.807, 2.05) is 0 Å². The molecule has 0 spiro atoms. The molecule has 0 aromatic heterocycles. The number of carbonyl (C=O) groups excluding carboxylic acids is 2. The zero-order valence-electron chi connectivity index (χ0n) is 15.0. The lowest BCUT2D eigenvalue weighted by molar-refractivity contribution is 0.0280. The predicted molar refractivity (Wildman–Crippen MR) is 108 cm³/mol. The van der Waals surface area contributed by atoms with Gasteiger partial charge in [-0.3, -0.25) is 4.79 Å². The first-order valence-electron chi connectivity index (χ1n) is 8.45. The Morgan fingerprint density at radius 1 is 0.897 bits per heavy atom. The van der Waals surface area contributed by atoms with Gasteiger partial charge in [-0.05, 0) is 18.2 Å². The van der Waals surface area contributed by atoms with E-state index in [0.717, 1.165) is 6.07 Å². The molecule has 8 heteroatoms. The third-order valence-corrected chi connectivity index (χ3v) is 5.35. The maximum atomic E-state index is 13.0. The molecule has 3 aromatic rings. The number of benzene rings is 3. The van der Waals surface area contributed by atoms with Crippen LogP contribution in [0.15, 0.2) is 83.8 Å². The van der Waals surface area contributed by atoms with Crippen molar-refractivity contribution in [1.29, 1.82) is 0 Å². The summed E-state index contributed by atoms with van der Waals surface area (Å²) in [6.45, 7) is 0. The molecule has 0 aliphatic heterocycles. The maximum Gasteiger partial charge on any atom is 0.340 e. The van der Waals surface area contributed by atoms with Crippen molar-refractivity contribution >= 4 is 33.4 Å². The maximum absolute atomic E-state index is 13.0. The van der Waals surface area contributed by atoms with Crippen LogP contribution in [0.25, 0.3) is 0 Å². The third-order valence-electron chi connectivity index (χ3n) is 4.11. The zero-order valence-corrected chi connectivity index (χ0v) is 16.6. The van der Waals surface area contributed by atoms with Crippen LogP contribution in [0.4, 0.5) is 0 Å². The molecule has 6 nitrogen and oxygen atoms in total. The summed E-state index contributed by atoms with van der Waals surface area (Å²) in [7, 11) is -4.05. The quantitative estimate of drug-likeness (QED) is 0.474. The van der Waals surface area contributed by atoms with Gasteiger partial charge in [-0.25, -0.2) is 18.4 Å². The van der Waals surface area contributed by atoms with Crippen molar-refractivity contribution in [3.8, 4) is 0 Å². The summed E-state index contributed by atoms with van der Waals surface area (Å²) in [6.07, 6.45) is -1.24. The number of carbonyl (C=O) groups is 2. The van der Waals surface area contributed by atoms with E-state index in [9.17, 15) is 18.0 Å². The van der Waals surface area contributed by atoms with Crippen LogP contribution in [0.5, 0.6) is 0 Å². The van der Waals surface area contributed by atoms with Crippen LogP contribution in [-0.2, 0) is 14.8 Å². The monoisotopic (exact) mass is 429 g/mol. The smallest absolute Gasteiger partial charge is 0.340 e. The Morgan fingerprint density at radius 3 is 2.07 bits per heavy atom. The molecule has 1 atom stereocenters. The number of Topliss-reactive ketones (excluding diaryl/α,β-unsaturated/α-hetero) is 1. The normalized spacial score (nSPS) is 12.2. The summed E-state index contributed by atoms with van der Waals surface area (Å²) in [5.74, 6) is -1.37. The van der Waals surface area contributed by atoms with Gasteiger partial charge in [-0.15, -0.1) is 0 Å². The molecule has 29 heavy (non-hydrogen) atoms. The number of hydrogen-bond donors (Lipinski definition) is 1. The fourth-order valence-corrected chi connectivity index (χ4v) is 3.40. The Bertz CT molecular complexity index is 1150. The molecule has 0 saturated heterocycles. The van der Waals surface area contributed by atoms with E-state index in [0.29, 0.717) is 11.1 Å². The highest BCUT2D eigenvalue weighted by Crippen LogP contribution is 2.27. The molecule has 148 valence electrons. The number of halogens is 1. The van der Waals surface area contributed by atoms with E-state index < -0.39 is 27.9 Å². The summed E-state index contributed by atoms with van der Waals surface area (Å²) in [5, 5.41) is 5.09. The second kappa shape index (κ2) is 8.57. The van der Waals surface area contributed by atoms with E-state index in [-0.39, 0.29) is 15.5 Å². The number of ether oxygens (including phenoxy) is 1. The van der Waals surface area contributed by atoms with Gasteiger partial charge in [0.15, 0.2) is 6.10 Å². The average Bonchev–Trinajstić information content (AvgIpc) is 2.72. The topological polar surface area (TPSA) is 104 Å². The number of esters is 1. The van der Waals surface area contributed by atoms with Crippen molar-refractivity contribution in [3.63, 3.8) is 0 Å². The zero-order chi connectivity index (χ0) is 21.0. The lowest BCUT2D eigenvalue weighted by Gasteiger charge is -2.18. The van der Waals surface area contributed by atoms with Gasteiger partial charge in [0.1, 0.15) is 0 Å². The summed E-state index contributed by atoms with van der Waals surface area (Å²) in [4.78, 5) is 25.5. The van der Waals surface area contributed by atoms with Crippen molar-refractivity contribution < 1.29 is 22.7 Å². The summed E-state index contributed by atoms with van der Waals surface area (Å²) in [5.41, 5.74) is 0.618. The van der Waals surface area contributed by atoms with Crippen LogP contribution in [-0.4, -0.2) is 20.2 Å². The van der Waals surface area contributed by atoms with E-state index in [2.05, 4.69) is 0 Å². The largest absolute Gasteiger partial charge is 0.445 e. The van der Waals surface area contributed by atoms with Crippen molar-refractivity contribution in [2.45, 2.75) is 11.0 Å². The van der Waals surface area contributed by atoms with Crippen LogP contribution < -0.4 is 5.14 Å². The second-order valence-corrected chi connectivity index (χ2v) is 8.08. The average molecular weight is 430 g/mol. The van der Waals surface area contributed by atoms with Crippen LogP contribution in [0, 0.1) is 0 Å². The van der Waals surface area contributed by atoms with Crippen LogP contribution in [0.2, 0.25) is 5.02 Å². The minimum absolute atomic E-state index is 0.0265. The molecular formula is C21H16ClNO5S. The van der Waals surface area contributed by atoms with Gasteiger partial charge in [0.05, 0.1) is 15.5 Å². The van der Waals surface area contributed by atoms with Crippen molar-refractivity contribution in [2.24, 2.45) is 5.14 Å². The Morgan fingerprint density at radius 2 is 1.48 bits per heavy atom. The molecule has 3 rings (SSSR count). The molecule has 0 aliphatic rings. The second-order valence-electron chi connectivity index (χ2n) is 6.11.